The van der Waals surface area contributed by atoms with E-state index in [2.05, 4.69) is 12.2 Å². The summed E-state index contributed by atoms with van der Waals surface area (Å²) in [6.45, 7) is 10.2. The zero-order valence-corrected chi connectivity index (χ0v) is 14.8. The van der Waals surface area contributed by atoms with Crippen molar-refractivity contribution in [3.63, 3.8) is 0 Å². The Balaban J connectivity index is 2.26. The molecule has 124 valence electrons. The Morgan fingerprint density at radius 1 is 1.38 bits per heavy atom. The second-order valence-corrected chi connectivity index (χ2v) is 8.44. The minimum atomic E-state index is -0.756. The Morgan fingerprint density at radius 2 is 1.95 bits per heavy atom. The van der Waals surface area contributed by atoms with Crippen molar-refractivity contribution in [2.75, 3.05) is 31.6 Å². The zero-order valence-electron chi connectivity index (χ0n) is 14.0. The maximum atomic E-state index is 12.0. The lowest BCUT2D eigenvalue weighted by atomic mass is 9.97. The molecule has 2 unspecified atom stereocenters. The monoisotopic (exact) mass is 318 g/mol. The minimum absolute atomic E-state index is 0.205. The topological polar surface area (TPSA) is 58.6 Å². The third kappa shape index (κ3) is 7.81. The largest absolute Gasteiger partial charge is 0.444 e. The highest BCUT2D eigenvalue weighted by atomic mass is 32.2. The van der Waals surface area contributed by atoms with Gasteiger partial charge in [0.1, 0.15) is 5.60 Å². The molecular weight excluding hydrogens is 288 g/mol. The van der Waals surface area contributed by atoms with Crippen LogP contribution in [0.3, 0.4) is 0 Å². The van der Waals surface area contributed by atoms with Gasteiger partial charge in [-0.25, -0.2) is 4.79 Å². The summed E-state index contributed by atoms with van der Waals surface area (Å²) < 4.78 is 16.5. The lowest BCUT2D eigenvalue weighted by molar-refractivity contribution is 0.0183. The number of piperidine rings is 1. The summed E-state index contributed by atoms with van der Waals surface area (Å²) in [5.74, 6) is 1.27. The number of carbonyl (C=O) groups is 1. The number of nitrogens with one attached hydrogen (secondary N) is 1. The minimum Gasteiger partial charge on any atom is -0.444 e. The van der Waals surface area contributed by atoms with Crippen LogP contribution in [0, 0.1) is 5.92 Å². The molecule has 1 amide bonds. The predicted octanol–water partition coefficient (Wildman–Crippen LogP) is 1.99. The van der Waals surface area contributed by atoms with Crippen LogP contribution in [-0.4, -0.2) is 58.5 Å². The van der Waals surface area contributed by atoms with Crippen molar-refractivity contribution in [2.45, 2.75) is 52.2 Å². The van der Waals surface area contributed by atoms with Crippen molar-refractivity contribution in [3.8, 4) is 0 Å². The maximum absolute atomic E-state index is 12.0. The highest BCUT2D eigenvalue weighted by Gasteiger charge is 2.26. The molecule has 0 saturated carbocycles. The summed E-state index contributed by atoms with van der Waals surface area (Å²) in [6.07, 6.45) is 3.52. The van der Waals surface area contributed by atoms with Crippen LogP contribution in [-0.2, 0) is 15.5 Å². The van der Waals surface area contributed by atoms with E-state index in [1.54, 1.807) is 11.2 Å². The first kappa shape index (κ1) is 18.4. The molecule has 0 spiro atoms. The molecule has 2 atom stereocenters. The van der Waals surface area contributed by atoms with Gasteiger partial charge in [0.25, 0.3) is 0 Å². The number of hydrogen-bond donors (Lipinski definition) is 1. The van der Waals surface area contributed by atoms with Gasteiger partial charge in [-0.3, -0.25) is 4.21 Å². The smallest absolute Gasteiger partial charge is 0.410 e. The van der Waals surface area contributed by atoms with Crippen LogP contribution in [0.25, 0.3) is 0 Å². The first-order chi connectivity index (χ1) is 9.67. The van der Waals surface area contributed by atoms with Gasteiger partial charge in [-0.2, -0.15) is 0 Å². The summed E-state index contributed by atoms with van der Waals surface area (Å²) in [7, 11) is -0.756. The van der Waals surface area contributed by atoms with Crippen LogP contribution < -0.4 is 5.32 Å². The van der Waals surface area contributed by atoms with Crippen LogP contribution in [0.1, 0.15) is 40.5 Å². The quantitative estimate of drug-likeness (QED) is 0.842. The van der Waals surface area contributed by atoms with Crippen molar-refractivity contribution in [1.82, 2.24) is 10.2 Å². The fourth-order valence-corrected chi connectivity index (χ4v) is 3.25. The van der Waals surface area contributed by atoms with E-state index in [-0.39, 0.29) is 12.1 Å². The molecule has 1 fully saturated rings. The zero-order chi connectivity index (χ0) is 16.0. The first-order valence-electron chi connectivity index (χ1n) is 7.68. The van der Waals surface area contributed by atoms with Crippen LogP contribution in [0.4, 0.5) is 4.79 Å². The Hall–Kier alpha value is -0.620. The third-order valence-corrected chi connectivity index (χ3v) is 4.48. The van der Waals surface area contributed by atoms with Crippen molar-refractivity contribution < 1.29 is 13.7 Å². The molecule has 1 aliphatic rings. The number of ether oxygens (including phenoxy) is 1. The molecule has 0 aliphatic carbocycles. The van der Waals surface area contributed by atoms with E-state index in [0.717, 1.165) is 32.5 Å². The highest BCUT2D eigenvalue weighted by molar-refractivity contribution is 7.84. The van der Waals surface area contributed by atoms with E-state index in [1.165, 1.54) is 0 Å². The average molecular weight is 318 g/mol. The fraction of sp³-hybridized carbons (Fsp3) is 0.933. The van der Waals surface area contributed by atoms with Gasteiger partial charge in [0.15, 0.2) is 0 Å². The number of hydrogen-bond acceptors (Lipinski definition) is 4. The fourth-order valence-electron chi connectivity index (χ4n) is 2.42. The highest BCUT2D eigenvalue weighted by Crippen LogP contribution is 2.19. The Morgan fingerprint density at radius 3 is 2.43 bits per heavy atom. The van der Waals surface area contributed by atoms with Gasteiger partial charge < -0.3 is 15.0 Å². The van der Waals surface area contributed by atoms with Crippen LogP contribution in [0.5, 0.6) is 0 Å². The summed E-state index contributed by atoms with van der Waals surface area (Å²) in [6, 6.07) is 0.278. The molecule has 5 nitrogen and oxygen atoms in total. The van der Waals surface area contributed by atoms with E-state index < -0.39 is 16.4 Å². The lowest BCUT2D eigenvalue weighted by Gasteiger charge is -2.33. The number of carbonyl (C=O) groups excluding carboxylic acids is 1. The van der Waals surface area contributed by atoms with Gasteiger partial charge in [0.05, 0.1) is 0 Å². The number of rotatable bonds is 5. The lowest BCUT2D eigenvalue weighted by Crippen LogP contribution is -2.44. The second kappa shape index (κ2) is 8.13. The standard InChI is InChI=1S/C15H30N2O3S/c1-12(11-21(5)19)16-10-13-6-8-17(9-7-13)14(18)20-15(2,3)4/h12-13,16H,6-11H2,1-5H3. The van der Waals surface area contributed by atoms with Gasteiger partial charge in [-0.05, 0) is 53.0 Å². The summed E-state index contributed by atoms with van der Waals surface area (Å²) >= 11 is 0. The van der Waals surface area contributed by atoms with Crippen LogP contribution in [0.2, 0.25) is 0 Å². The first-order valence-corrected chi connectivity index (χ1v) is 9.41. The summed E-state index contributed by atoms with van der Waals surface area (Å²) in [4.78, 5) is 13.8. The molecule has 0 aromatic rings. The SMILES string of the molecule is CC(CS(C)=O)NCC1CCN(C(=O)OC(C)(C)C)CC1. The van der Waals surface area contributed by atoms with Crippen LogP contribution in [0.15, 0.2) is 0 Å². The normalized spacial score (nSPS) is 20.1. The number of amides is 1. The predicted molar refractivity (Wildman–Crippen MR) is 86.9 cm³/mol. The van der Waals surface area contributed by atoms with Gasteiger partial charge in [0.2, 0.25) is 0 Å². The molecule has 1 rings (SSSR count). The average Bonchev–Trinajstić information content (AvgIpc) is 2.34. The summed E-state index contributed by atoms with van der Waals surface area (Å²) in [5.41, 5.74) is -0.430. The van der Waals surface area contributed by atoms with Gasteiger partial charge >= 0.3 is 6.09 Å². The second-order valence-electron chi connectivity index (χ2n) is 6.96. The third-order valence-electron chi connectivity index (χ3n) is 3.51. The molecule has 1 aliphatic heterocycles. The molecule has 1 N–H and O–H groups in total. The van der Waals surface area contributed by atoms with Gasteiger partial charge in [-0.1, -0.05) is 0 Å². The molecule has 0 radical (unpaired) electrons. The Bertz CT molecular complexity index is 360. The van der Waals surface area contributed by atoms with Crippen molar-refractivity contribution in [3.05, 3.63) is 0 Å². The van der Waals surface area contributed by atoms with Crippen molar-refractivity contribution in [1.29, 1.82) is 0 Å². The van der Waals surface area contributed by atoms with Crippen molar-refractivity contribution in [2.24, 2.45) is 5.92 Å². The number of likely N-dealkylation sites (tertiary alicyclic amines) is 1. The molecule has 1 heterocycles. The van der Waals surface area contributed by atoms with Gasteiger partial charge in [-0.15, -0.1) is 0 Å². The van der Waals surface area contributed by atoms with E-state index >= 15 is 0 Å². The molecular formula is C15H30N2O3S. The Kier molecular flexibility index (Phi) is 7.13. The Labute approximate surface area is 131 Å². The van der Waals surface area contributed by atoms with Crippen LogP contribution >= 0.6 is 0 Å². The molecule has 0 aromatic carbocycles. The molecule has 0 aromatic heterocycles. The van der Waals surface area contributed by atoms with Gasteiger partial charge in [0, 0.05) is 41.9 Å². The molecule has 1 saturated heterocycles. The molecule has 6 heteroatoms. The van der Waals surface area contributed by atoms with Crippen molar-refractivity contribution >= 4 is 16.9 Å². The van der Waals surface area contributed by atoms with E-state index in [1.807, 2.05) is 20.8 Å². The summed E-state index contributed by atoms with van der Waals surface area (Å²) in [5, 5.41) is 3.44. The maximum Gasteiger partial charge on any atom is 0.410 e. The molecule has 21 heavy (non-hydrogen) atoms. The number of nitrogens with zero attached hydrogens (tertiary/aromatic N) is 1. The molecule has 0 bridgehead atoms. The van der Waals surface area contributed by atoms with E-state index in [0.29, 0.717) is 11.7 Å². The van der Waals surface area contributed by atoms with E-state index in [9.17, 15) is 9.00 Å². The van der Waals surface area contributed by atoms with E-state index in [4.69, 9.17) is 4.74 Å².